The minimum Gasteiger partial charge on any atom is -0.467 e. The van der Waals surface area contributed by atoms with Crippen molar-refractivity contribution in [2.45, 2.75) is 50.6 Å². The Morgan fingerprint density at radius 2 is 1.94 bits per heavy atom. The summed E-state index contributed by atoms with van der Waals surface area (Å²) < 4.78 is 4.87. The van der Waals surface area contributed by atoms with Gasteiger partial charge in [-0.1, -0.05) is 36.6 Å². The molecule has 3 atom stereocenters. The van der Waals surface area contributed by atoms with Gasteiger partial charge >= 0.3 is 5.97 Å². The SMILES string of the molecule is COC(=O)[C@H](C[C@@H]1CCCNC1=O)NC(=O)[C@H](CC1CC1)NC(=O)c1cc2cccc(Cl)c2[nH]1. The molecule has 182 valence electrons. The van der Waals surface area contributed by atoms with E-state index in [9.17, 15) is 19.2 Å². The molecule has 0 spiro atoms. The molecule has 4 N–H and O–H groups in total. The number of carbonyl (C=O) groups is 4. The number of halogens is 1. The van der Waals surface area contributed by atoms with Gasteiger partial charge in [0.25, 0.3) is 5.91 Å². The number of rotatable bonds is 9. The van der Waals surface area contributed by atoms with Crippen molar-refractivity contribution in [2.75, 3.05) is 13.7 Å². The summed E-state index contributed by atoms with van der Waals surface area (Å²) in [5.74, 6) is -1.70. The third kappa shape index (κ3) is 5.70. The molecule has 2 heterocycles. The normalized spacial score (nSPS) is 19.7. The predicted octanol–water partition coefficient (Wildman–Crippen LogP) is 2.29. The number of para-hydroxylation sites is 1. The van der Waals surface area contributed by atoms with E-state index in [0.717, 1.165) is 24.6 Å². The van der Waals surface area contributed by atoms with Gasteiger partial charge in [-0.15, -0.1) is 0 Å². The number of piperidine rings is 1. The van der Waals surface area contributed by atoms with Gasteiger partial charge in [-0.05, 0) is 43.7 Å². The topological polar surface area (TPSA) is 129 Å². The van der Waals surface area contributed by atoms with Gasteiger partial charge in [-0.3, -0.25) is 14.4 Å². The molecule has 34 heavy (non-hydrogen) atoms. The Morgan fingerprint density at radius 3 is 2.62 bits per heavy atom. The van der Waals surface area contributed by atoms with E-state index in [-0.39, 0.29) is 18.2 Å². The van der Waals surface area contributed by atoms with Crippen LogP contribution in [0.2, 0.25) is 5.02 Å². The molecule has 10 heteroatoms. The van der Waals surface area contributed by atoms with Crippen LogP contribution in [0.5, 0.6) is 0 Å². The van der Waals surface area contributed by atoms with E-state index in [1.165, 1.54) is 7.11 Å². The van der Waals surface area contributed by atoms with Crippen LogP contribution in [0.3, 0.4) is 0 Å². The third-order valence-corrected chi connectivity index (χ3v) is 6.77. The molecule has 1 aliphatic heterocycles. The molecule has 1 aromatic carbocycles. The molecule has 0 bridgehead atoms. The molecule has 3 amide bonds. The first kappa shape index (κ1) is 24.1. The fourth-order valence-corrected chi connectivity index (χ4v) is 4.60. The first-order valence-electron chi connectivity index (χ1n) is 11.6. The van der Waals surface area contributed by atoms with E-state index in [4.69, 9.17) is 16.3 Å². The summed E-state index contributed by atoms with van der Waals surface area (Å²) in [7, 11) is 1.24. The van der Waals surface area contributed by atoms with Crippen molar-refractivity contribution in [3.8, 4) is 0 Å². The van der Waals surface area contributed by atoms with Gasteiger partial charge in [0.05, 0.1) is 17.6 Å². The first-order valence-corrected chi connectivity index (χ1v) is 12.0. The van der Waals surface area contributed by atoms with Gasteiger partial charge in [-0.2, -0.15) is 0 Å². The Balaban J connectivity index is 1.46. The number of methoxy groups -OCH3 is 1. The summed E-state index contributed by atoms with van der Waals surface area (Å²) in [5.41, 5.74) is 0.939. The van der Waals surface area contributed by atoms with Crippen molar-refractivity contribution >= 4 is 46.2 Å². The standard InChI is InChI=1S/C24H29ClN4O5/c1-34-24(33)19(12-15-5-3-9-26-21(15)30)29-22(31)17(10-13-7-8-13)28-23(32)18-11-14-4-2-6-16(25)20(14)27-18/h2,4,6,11,13,15,17,19,27H,3,5,7-10,12H2,1H3,(H,26,30)(H,28,32)(H,29,31)/t15-,17-,19-/m0/s1. The van der Waals surface area contributed by atoms with Gasteiger partial charge < -0.3 is 25.7 Å². The van der Waals surface area contributed by atoms with Gasteiger partial charge in [0.1, 0.15) is 17.8 Å². The van der Waals surface area contributed by atoms with Crippen molar-refractivity contribution in [1.82, 2.24) is 20.9 Å². The average molecular weight is 489 g/mol. The lowest BCUT2D eigenvalue weighted by atomic mass is 9.91. The van der Waals surface area contributed by atoms with Crippen LogP contribution in [0.4, 0.5) is 0 Å². The van der Waals surface area contributed by atoms with E-state index >= 15 is 0 Å². The van der Waals surface area contributed by atoms with Crippen LogP contribution < -0.4 is 16.0 Å². The van der Waals surface area contributed by atoms with E-state index in [1.54, 1.807) is 18.2 Å². The third-order valence-electron chi connectivity index (χ3n) is 6.46. The summed E-state index contributed by atoms with van der Waals surface area (Å²) in [5, 5.41) is 9.60. The molecule has 2 aliphatic rings. The molecule has 0 unspecified atom stereocenters. The van der Waals surface area contributed by atoms with Gasteiger partial charge in [-0.25, -0.2) is 4.79 Å². The van der Waals surface area contributed by atoms with E-state index in [1.807, 2.05) is 6.07 Å². The smallest absolute Gasteiger partial charge is 0.328 e. The Hall–Kier alpha value is -3.07. The second kappa shape index (κ2) is 10.5. The van der Waals surface area contributed by atoms with Crippen LogP contribution in [0.1, 0.15) is 49.0 Å². The Labute approximate surface area is 202 Å². The fraction of sp³-hybridized carbons (Fsp3) is 0.500. The fourth-order valence-electron chi connectivity index (χ4n) is 4.37. The second-order valence-electron chi connectivity index (χ2n) is 9.04. The van der Waals surface area contributed by atoms with Crippen LogP contribution in [0, 0.1) is 11.8 Å². The maximum Gasteiger partial charge on any atom is 0.328 e. The number of amides is 3. The number of benzene rings is 1. The summed E-state index contributed by atoms with van der Waals surface area (Å²) in [6.45, 7) is 0.610. The minimum atomic E-state index is -0.975. The second-order valence-corrected chi connectivity index (χ2v) is 9.45. The first-order chi connectivity index (χ1) is 16.4. The monoisotopic (exact) mass is 488 g/mol. The zero-order valence-corrected chi connectivity index (χ0v) is 19.7. The largest absolute Gasteiger partial charge is 0.467 e. The van der Waals surface area contributed by atoms with Crippen LogP contribution in [0.25, 0.3) is 10.9 Å². The van der Waals surface area contributed by atoms with Crippen molar-refractivity contribution in [2.24, 2.45) is 11.8 Å². The number of nitrogens with one attached hydrogen (secondary N) is 4. The molecular weight excluding hydrogens is 460 g/mol. The van der Waals surface area contributed by atoms with Crippen LogP contribution in [-0.4, -0.2) is 54.4 Å². The molecular formula is C24H29ClN4O5. The van der Waals surface area contributed by atoms with Crippen molar-refractivity contribution in [3.05, 3.63) is 35.0 Å². The Morgan fingerprint density at radius 1 is 1.15 bits per heavy atom. The highest BCUT2D eigenvalue weighted by molar-refractivity contribution is 6.35. The lowest BCUT2D eigenvalue weighted by Gasteiger charge is -2.27. The van der Waals surface area contributed by atoms with Gasteiger partial charge in [0.15, 0.2) is 0 Å². The summed E-state index contributed by atoms with van der Waals surface area (Å²) in [6, 6.07) is 5.24. The molecule has 2 aromatic rings. The molecule has 2 fully saturated rings. The molecule has 1 saturated heterocycles. The Kier molecular flexibility index (Phi) is 7.41. The predicted molar refractivity (Wildman–Crippen MR) is 126 cm³/mol. The summed E-state index contributed by atoms with van der Waals surface area (Å²) in [6.07, 6.45) is 4.05. The Bertz CT molecular complexity index is 1100. The quantitative estimate of drug-likeness (QED) is 0.402. The van der Waals surface area contributed by atoms with Crippen molar-refractivity contribution < 1.29 is 23.9 Å². The van der Waals surface area contributed by atoms with Crippen LogP contribution in [-0.2, 0) is 19.1 Å². The zero-order chi connectivity index (χ0) is 24.2. The lowest BCUT2D eigenvalue weighted by Crippen LogP contribution is -2.53. The van der Waals surface area contributed by atoms with Crippen LogP contribution in [0.15, 0.2) is 24.3 Å². The number of aromatic nitrogens is 1. The minimum absolute atomic E-state index is 0.130. The zero-order valence-electron chi connectivity index (χ0n) is 19.0. The lowest BCUT2D eigenvalue weighted by molar-refractivity contribution is -0.146. The molecule has 9 nitrogen and oxygen atoms in total. The number of aromatic amines is 1. The highest BCUT2D eigenvalue weighted by Crippen LogP contribution is 2.34. The number of esters is 1. The van der Waals surface area contributed by atoms with Crippen molar-refractivity contribution in [1.29, 1.82) is 0 Å². The van der Waals surface area contributed by atoms with E-state index < -0.39 is 29.9 Å². The number of carbonyl (C=O) groups excluding carboxylic acids is 4. The van der Waals surface area contributed by atoms with Gasteiger partial charge in [0, 0.05) is 17.8 Å². The highest BCUT2D eigenvalue weighted by atomic mass is 35.5. The number of fused-ring (bicyclic) bond motifs is 1. The highest BCUT2D eigenvalue weighted by Gasteiger charge is 2.35. The van der Waals surface area contributed by atoms with E-state index in [0.29, 0.717) is 41.5 Å². The summed E-state index contributed by atoms with van der Waals surface area (Å²) in [4.78, 5) is 53.7. The molecule has 0 radical (unpaired) electrons. The molecule has 1 saturated carbocycles. The number of ether oxygens (including phenoxy) is 1. The molecule has 1 aromatic heterocycles. The maximum absolute atomic E-state index is 13.2. The molecule has 4 rings (SSSR count). The summed E-state index contributed by atoms with van der Waals surface area (Å²) >= 11 is 6.20. The number of hydrogen-bond acceptors (Lipinski definition) is 5. The van der Waals surface area contributed by atoms with E-state index in [2.05, 4.69) is 20.9 Å². The molecule has 1 aliphatic carbocycles. The number of H-pyrrole nitrogens is 1. The average Bonchev–Trinajstić information content (AvgIpc) is 3.53. The van der Waals surface area contributed by atoms with Gasteiger partial charge in [0.2, 0.25) is 11.8 Å². The van der Waals surface area contributed by atoms with Crippen LogP contribution >= 0.6 is 11.6 Å². The maximum atomic E-state index is 13.2. The number of hydrogen-bond donors (Lipinski definition) is 4. The van der Waals surface area contributed by atoms with Crippen molar-refractivity contribution in [3.63, 3.8) is 0 Å².